The molecule has 2 aliphatic carbocycles. The average Bonchev–Trinajstić information content (AvgIpc) is 3.31. The summed E-state index contributed by atoms with van der Waals surface area (Å²) in [4.78, 5) is 13.0. The maximum Gasteiger partial charge on any atom is 0.224 e. The minimum Gasteiger partial charge on any atom is -0.486 e. The van der Waals surface area contributed by atoms with Crippen molar-refractivity contribution in [3.8, 4) is 11.5 Å². The van der Waals surface area contributed by atoms with Gasteiger partial charge in [-0.05, 0) is 55.8 Å². The van der Waals surface area contributed by atoms with Crippen molar-refractivity contribution in [3.63, 3.8) is 0 Å². The smallest absolute Gasteiger partial charge is 0.224 e. The Morgan fingerprint density at radius 2 is 1.85 bits per heavy atom. The van der Waals surface area contributed by atoms with Crippen molar-refractivity contribution < 1.29 is 14.3 Å². The summed E-state index contributed by atoms with van der Waals surface area (Å²) >= 11 is 0. The lowest BCUT2D eigenvalue weighted by Gasteiger charge is -2.34. The summed E-state index contributed by atoms with van der Waals surface area (Å²) in [5.41, 5.74) is 6.75. The van der Waals surface area contributed by atoms with Gasteiger partial charge in [-0.3, -0.25) is 4.79 Å². The number of carbonyl (C=O) groups is 1. The lowest BCUT2D eigenvalue weighted by atomic mass is 9.86. The highest BCUT2D eigenvalue weighted by Gasteiger charge is 2.41. The highest BCUT2D eigenvalue weighted by atomic mass is 35.5. The minimum absolute atomic E-state index is 0. The monoisotopic (exact) mass is 380 g/mol. The van der Waals surface area contributed by atoms with Crippen LogP contribution in [0.4, 0.5) is 0 Å². The van der Waals surface area contributed by atoms with Gasteiger partial charge in [-0.1, -0.05) is 25.3 Å². The summed E-state index contributed by atoms with van der Waals surface area (Å²) < 4.78 is 11.4. The van der Waals surface area contributed by atoms with Crippen molar-refractivity contribution in [3.05, 3.63) is 23.8 Å². The van der Waals surface area contributed by atoms with Crippen molar-refractivity contribution in [1.29, 1.82) is 0 Å². The molecule has 0 radical (unpaired) electrons. The summed E-state index contributed by atoms with van der Waals surface area (Å²) in [6.45, 7) is 1.78. The molecule has 0 bridgehead atoms. The third kappa shape index (κ3) is 3.52. The van der Waals surface area contributed by atoms with Gasteiger partial charge in [-0.15, -0.1) is 12.4 Å². The second-order valence-corrected chi connectivity index (χ2v) is 7.67. The molecule has 3 N–H and O–H groups in total. The Morgan fingerprint density at radius 1 is 1.12 bits per heavy atom. The number of nitrogens with two attached hydrogens (primary N) is 1. The Balaban J connectivity index is 0.00000196. The number of rotatable bonds is 4. The van der Waals surface area contributed by atoms with Crippen LogP contribution >= 0.6 is 12.4 Å². The topological polar surface area (TPSA) is 73.6 Å². The molecule has 3 aliphatic rings. The van der Waals surface area contributed by atoms with Gasteiger partial charge in [0.2, 0.25) is 5.91 Å². The zero-order valence-corrected chi connectivity index (χ0v) is 16.0. The lowest BCUT2D eigenvalue weighted by molar-refractivity contribution is -0.128. The van der Waals surface area contributed by atoms with Gasteiger partial charge in [-0.2, -0.15) is 0 Å². The number of ether oxygens (including phenoxy) is 2. The van der Waals surface area contributed by atoms with E-state index in [1.165, 1.54) is 0 Å². The van der Waals surface area contributed by atoms with Gasteiger partial charge >= 0.3 is 0 Å². The molecule has 4 rings (SSSR count). The van der Waals surface area contributed by atoms with E-state index in [0.717, 1.165) is 62.0 Å². The Hall–Kier alpha value is -1.46. The minimum atomic E-state index is -0.269. The van der Waals surface area contributed by atoms with Crippen LogP contribution in [-0.4, -0.2) is 25.7 Å². The molecule has 1 heterocycles. The highest BCUT2D eigenvalue weighted by Crippen LogP contribution is 2.43. The lowest BCUT2D eigenvalue weighted by Crippen LogP contribution is -2.47. The predicted molar refractivity (Wildman–Crippen MR) is 103 cm³/mol. The van der Waals surface area contributed by atoms with Crippen LogP contribution < -0.4 is 20.5 Å². The molecule has 5 nitrogen and oxygen atoms in total. The molecule has 1 aromatic rings. The molecule has 0 unspecified atom stereocenters. The van der Waals surface area contributed by atoms with E-state index in [1.807, 2.05) is 6.07 Å². The van der Waals surface area contributed by atoms with Crippen LogP contribution in [0.3, 0.4) is 0 Å². The summed E-state index contributed by atoms with van der Waals surface area (Å²) in [7, 11) is 0. The average molecular weight is 381 g/mol. The number of hydrogen-bond acceptors (Lipinski definition) is 4. The van der Waals surface area contributed by atoms with Gasteiger partial charge in [-0.25, -0.2) is 0 Å². The molecule has 2 saturated carbocycles. The molecule has 1 aliphatic heterocycles. The Kier molecular flexibility index (Phi) is 5.98. The van der Waals surface area contributed by atoms with E-state index in [1.54, 1.807) is 0 Å². The zero-order chi connectivity index (χ0) is 17.3. The normalized spacial score (nSPS) is 26.2. The quantitative estimate of drug-likeness (QED) is 0.841. The standard InChI is InChI=1S/C20H28N2O3.ClH/c21-13-14-4-3-5-16(14)19(23)22-20(8-1-2-9-20)15-6-7-17-18(12-15)25-11-10-24-17;/h6-7,12,14,16H,1-5,8-11,13,21H2,(H,22,23);1H/t14-,16-;/m1./s1. The number of halogens is 1. The first-order valence-corrected chi connectivity index (χ1v) is 9.64. The second kappa shape index (κ2) is 8.05. The molecule has 0 spiro atoms. The van der Waals surface area contributed by atoms with Crippen LogP contribution in [0.5, 0.6) is 11.5 Å². The van der Waals surface area contributed by atoms with Crippen molar-refractivity contribution in [2.24, 2.45) is 17.6 Å². The Bertz CT molecular complexity index is 646. The van der Waals surface area contributed by atoms with E-state index >= 15 is 0 Å². The summed E-state index contributed by atoms with van der Waals surface area (Å²) in [6, 6.07) is 6.14. The van der Waals surface area contributed by atoms with Crippen LogP contribution in [0.15, 0.2) is 18.2 Å². The molecule has 0 saturated heterocycles. The third-order valence-corrected chi connectivity index (χ3v) is 6.21. The van der Waals surface area contributed by atoms with E-state index in [-0.39, 0.29) is 29.8 Å². The number of hydrogen-bond donors (Lipinski definition) is 2. The van der Waals surface area contributed by atoms with Crippen LogP contribution in [-0.2, 0) is 10.3 Å². The molecule has 144 valence electrons. The molecule has 1 aromatic carbocycles. The number of carbonyl (C=O) groups excluding carboxylic acids is 1. The maximum atomic E-state index is 13.0. The molecule has 6 heteroatoms. The summed E-state index contributed by atoms with van der Waals surface area (Å²) in [5.74, 6) is 2.18. The highest BCUT2D eigenvalue weighted by molar-refractivity contribution is 5.85. The molecular weight excluding hydrogens is 352 g/mol. The van der Waals surface area contributed by atoms with Crippen molar-refractivity contribution in [2.45, 2.75) is 50.5 Å². The number of nitrogens with one attached hydrogen (secondary N) is 1. The molecule has 2 atom stereocenters. The van der Waals surface area contributed by atoms with Gasteiger partial charge in [0, 0.05) is 5.92 Å². The summed E-state index contributed by atoms with van der Waals surface area (Å²) in [5, 5.41) is 3.43. The van der Waals surface area contributed by atoms with Crippen LogP contribution in [0.2, 0.25) is 0 Å². The van der Waals surface area contributed by atoms with Crippen LogP contribution in [0, 0.1) is 11.8 Å². The largest absolute Gasteiger partial charge is 0.486 e. The number of fused-ring (bicyclic) bond motifs is 1. The van der Waals surface area contributed by atoms with Gasteiger partial charge < -0.3 is 20.5 Å². The van der Waals surface area contributed by atoms with Crippen molar-refractivity contribution in [2.75, 3.05) is 19.8 Å². The van der Waals surface area contributed by atoms with E-state index in [0.29, 0.717) is 25.7 Å². The van der Waals surface area contributed by atoms with E-state index in [9.17, 15) is 4.79 Å². The van der Waals surface area contributed by atoms with Crippen LogP contribution in [0.1, 0.15) is 50.5 Å². The maximum absolute atomic E-state index is 13.0. The van der Waals surface area contributed by atoms with Gasteiger partial charge in [0.15, 0.2) is 11.5 Å². The fourth-order valence-electron chi connectivity index (χ4n) is 4.80. The van der Waals surface area contributed by atoms with E-state index in [2.05, 4.69) is 17.4 Å². The zero-order valence-electron chi connectivity index (χ0n) is 15.2. The van der Waals surface area contributed by atoms with Crippen molar-refractivity contribution in [1.82, 2.24) is 5.32 Å². The SMILES string of the molecule is Cl.NC[C@H]1CCC[C@H]1C(=O)NC1(c2ccc3c(c2)OCCO3)CCCC1. The Labute approximate surface area is 161 Å². The van der Waals surface area contributed by atoms with E-state index < -0.39 is 0 Å². The first-order valence-electron chi connectivity index (χ1n) is 9.64. The first kappa shape index (κ1) is 19.3. The molecule has 1 amide bonds. The fraction of sp³-hybridized carbons (Fsp3) is 0.650. The summed E-state index contributed by atoms with van der Waals surface area (Å²) in [6.07, 6.45) is 7.39. The molecule has 2 fully saturated rings. The predicted octanol–water partition coefficient (Wildman–Crippen LogP) is 3.14. The molecule has 26 heavy (non-hydrogen) atoms. The van der Waals surface area contributed by atoms with Gasteiger partial charge in [0.05, 0.1) is 5.54 Å². The van der Waals surface area contributed by atoms with E-state index in [4.69, 9.17) is 15.2 Å². The molecular formula is C20H29ClN2O3. The van der Waals surface area contributed by atoms with Gasteiger partial charge in [0.25, 0.3) is 0 Å². The second-order valence-electron chi connectivity index (χ2n) is 7.67. The fourth-order valence-corrected chi connectivity index (χ4v) is 4.80. The number of benzene rings is 1. The van der Waals surface area contributed by atoms with Gasteiger partial charge in [0.1, 0.15) is 13.2 Å². The number of amides is 1. The third-order valence-electron chi connectivity index (χ3n) is 6.21. The van der Waals surface area contributed by atoms with Crippen LogP contribution in [0.25, 0.3) is 0 Å². The molecule has 0 aromatic heterocycles. The first-order chi connectivity index (χ1) is 12.2. The van der Waals surface area contributed by atoms with Crippen molar-refractivity contribution >= 4 is 18.3 Å². The Morgan fingerprint density at radius 3 is 2.58 bits per heavy atom.